The molecule has 0 aromatic carbocycles. The zero-order chi connectivity index (χ0) is 25.0. The summed E-state index contributed by atoms with van der Waals surface area (Å²) < 4.78 is 5.45. The fourth-order valence-corrected chi connectivity index (χ4v) is 4.94. The average molecular weight is 500 g/mol. The second kappa shape index (κ2) is 10.6. The molecule has 2 saturated heterocycles. The van der Waals surface area contributed by atoms with Crippen LogP contribution in [0, 0.1) is 5.92 Å². The Morgan fingerprint density at radius 1 is 1.00 bits per heavy atom. The summed E-state index contributed by atoms with van der Waals surface area (Å²) >= 11 is 1.44. The van der Waals surface area contributed by atoms with E-state index in [0.717, 1.165) is 10.6 Å². The summed E-state index contributed by atoms with van der Waals surface area (Å²) in [6, 6.07) is 7.46. The van der Waals surface area contributed by atoms with Crippen molar-refractivity contribution < 1.29 is 19.1 Å². The van der Waals surface area contributed by atoms with Crippen molar-refractivity contribution in [3.63, 3.8) is 0 Å². The van der Waals surface area contributed by atoms with Crippen LogP contribution in [0.15, 0.2) is 35.8 Å². The molecular weight excluding hydrogens is 466 g/mol. The van der Waals surface area contributed by atoms with Crippen LogP contribution in [0.25, 0.3) is 0 Å². The Bertz CT molecular complexity index is 1020. The normalized spacial score (nSPS) is 17.3. The van der Waals surface area contributed by atoms with Gasteiger partial charge in [0.2, 0.25) is 5.91 Å². The van der Waals surface area contributed by atoms with E-state index in [1.165, 1.54) is 11.3 Å². The Morgan fingerprint density at radius 2 is 1.71 bits per heavy atom. The molecule has 0 radical (unpaired) electrons. The van der Waals surface area contributed by atoms with Crippen LogP contribution in [-0.4, -0.2) is 77.6 Å². The maximum absolute atomic E-state index is 12.7. The summed E-state index contributed by atoms with van der Waals surface area (Å²) in [4.78, 5) is 48.4. The number of rotatable bonds is 4. The third-order valence-electron chi connectivity index (χ3n) is 6.18. The number of nitrogens with zero attached hydrogens (tertiary/aromatic N) is 4. The zero-order valence-corrected chi connectivity index (χ0v) is 21.3. The fourth-order valence-electron chi connectivity index (χ4n) is 4.25. The van der Waals surface area contributed by atoms with Crippen molar-refractivity contribution >= 4 is 40.7 Å². The number of hydrogen-bond donors (Lipinski definition) is 1. The topological polar surface area (TPSA) is 95.1 Å². The van der Waals surface area contributed by atoms with Gasteiger partial charge in [0.1, 0.15) is 11.4 Å². The highest BCUT2D eigenvalue weighted by molar-refractivity contribution is 7.12. The van der Waals surface area contributed by atoms with Crippen molar-refractivity contribution in [1.29, 1.82) is 0 Å². The first-order chi connectivity index (χ1) is 16.7. The second-order valence-electron chi connectivity index (χ2n) is 9.89. The first-order valence-electron chi connectivity index (χ1n) is 12.0. The van der Waals surface area contributed by atoms with E-state index in [4.69, 9.17) is 4.74 Å². The number of thiophene rings is 1. The number of ether oxygens (including phenoxy) is 1. The molecule has 0 bridgehead atoms. The summed E-state index contributed by atoms with van der Waals surface area (Å²) in [6.45, 7) is 9.30. The van der Waals surface area contributed by atoms with Crippen LogP contribution in [0.5, 0.6) is 0 Å². The summed E-state index contributed by atoms with van der Waals surface area (Å²) in [7, 11) is 0. The number of piperazine rings is 1. The van der Waals surface area contributed by atoms with Gasteiger partial charge in [0.05, 0.1) is 16.8 Å². The van der Waals surface area contributed by atoms with Crippen LogP contribution in [-0.2, 0) is 9.53 Å². The summed E-state index contributed by atoms with van der Waals surface area (Å²) in [5.41, 5.74) is 0.448. The second-order valence-corrected chi connectivity index (χ2v) is 10.8. The highest BCUT2D eigenvalue weighted by Gasteiger charge is 2.29. The van der Waals surface area contributed by atoms with Gasteiger partial charge in [0.25, 0.3) is 5.91 Å². The number of anilines is 2. The number of hydrogen-bond acceptors (Lipinski definition) is 7. The molecule has 4 heterocycles. The molecule has 2 aliphatic rings. The van der Waals surface area contributed by atoms with Gasteiger partial charge in [-0.2, -0.15) is 0 Å². The van der Waals surface area contributed by atoms with Crippen molar-refractivity contribution in [1.82, 2.24) is 14.8 Å². The van der Waals surface area contributed by atoms with Gasteiger partial charge in [-0.1, -0.05) is 6.07 Å². The number of aromatic nitrogens is 1. The molecule has 0 unspecified atom stereocenters. The molecule has 4 rings (SSSR count). The van der Waals surface area contributed by atoms with Gasteiger partial charge < -0.3 is 24.8 Å². The fraction of sp³-hybridized carbons (Fsp3) is 0.520. The Hall–Kier alpha value is -3.14. The summed E-state index contributed by atoms with van der Waals surface area (Å²) in [5.74, 6) is 0.371. The first kappa shape index (κ1) is 25.0. The van der Waals surface area contributed by atoms with Crippen molar-refractivity contribution in [3.05, 3.63) is 40.7 Å². The number of carbonyl (C=O) groups excluding carboxylic acids is 3. The van der Waals surface area contributed by atoms with E-state index in [1.807, 2.05) is 55.3 Å². The number of piperidine rings is 1. The van der Waals surface area contributed by atoms with E-state index < -0.39 is 5.60 Å². The van der Waals surface area contributed by atoms with Crippen LogP contribution in [0.4, 0.5) is 16.3 Å². The lowest BCUT2D eigenvalue weighted by molar-refractivity contribution is -0.121. The third kappa shape index (κ3) is 6.50. The Labute approximate surface area is 210 Å². The molecule has 0 saturated carbocycles. The molecular formula is C25H33N5O4S. The SMILES string of the molecule is CC(C)(C)OC(=O)N1CCN(c2ccc(NC(=O)C3CCN(C(=O)c4cccs4)CC3)nc2)CC1. The molecule has 35 heavy (non-hydrogen) atoms. The molecule has 10 heteroatoms. The van der Waals surface area contributed by atoms with Gasteiger partial charge in [-0.3, -0.25) is 9.59 Å². The molecule has 2 aromatic rings. The largest absolute Gasteiger partial charge is 0.444 e. The highest BCUT2D eigenvalue weighted by Crippen LogP contribution is 2.23. The minimum absolute atomic E-state index is 0.0445. The lowest BCUT2D eigenvalue weighted by Crippen LogP contribution is -2.50. The van der Waals surface area contributed by atoms with Gasteiger partial charge in [-0.05, 0) is 57.2 Å². The van der Waals surface area contributed by atoms with E-state index >= 15 is 0 Å². The van der Waals surface area contributed by atoms with E-state index in [0.29, 0.717) is 57.9 Å². The van der Waals surface area contributed by atoms with Gasteiger partial charge in [-0.15, -0.1) is 11.3 Å². The van der Waals surface area contributed by atoms with Crippen LogP contribution in [0.3, 0.4) is 0 Å². The standard InChI is InChI=1S/C25H33N5O4S/c1-25(2,3)34-24(33)30-14-12-28(13-15-30)19-6-7-21(26-17-19)27-22(31)18-8-10-29(11-9-18)23(32)20-5-4-16-35-20/h4-7,16-18H,8-15H2,1-3H3,(H,26,27,31). The molecule has 3 amide bonds. The number of pyridine rings is 1. The van der Waals surface area contributed by atoms with Crippen LogP contribution in [0.1, 0.15) is 43.3 Å². The minimum atomic E-state index is -0.503. The summed E-state index contributed by atoms with van der Waals surface area (Å²) in [5, 5.41) is 4.82. The van der Waals surface area contributed by atoms with Crippen LogP contribution >= 0.6 is 11.3 Å². The highest BCUT2D eigenvalue weighted by atomic mass is 32.1. The van der Waals surface area contributed by atoms with Gasteiger partial charge in [0.15, 0.2) is 0 Å². The maximum atomic E-state index is 12.7. The Kier molecular flexibility index (Phi) is 7.59. The van der Waals surface area contributed by atoms with Gasteiger partial charge in [-0.25, -0.2) is 9.78 Å². The zero-order valence-electron chi connectivity index (χ0n) is 20.5. The van der Waals surface area contributed by atoms with Crippen molar-refractivity contribution in [3.8, 4) is 0 Å². The Morgan fingerprint density at radius 3 is 2.29 bits per heavy atom. The smallest absolute Gasteiger partial charge is 0.410 e. The first-order valence-corrected chi connectivity index (χ1v) is 12.9. The number of amides is 3. The quantitative estimate of drug-likeness (QED) is 0.690. The van der Waals surface area contributed by atoms with Crippen molar-refractivity contribution in [2.45, 2.75) is 39.2 Å². The number of carbonyl (C=O) groups is 3. The molecule has 9 nitrogen and oxygen atoms in total. The predicted molar refractivity (Wildman–Crippen MR) is 136 cm³/mol. The summed E-state index contributed by atoms with van der Waals surface area (Å²) in [6.07, 6.45) is 2.75. The molecule has 188 valence electrons. The molecule has 0 atom stereocenters. The molecule has 2 aromatic heterocycles. The number of likely N-dealkylation sites (tertiary alicyclic amines) is 1. The molecule has 0 aliphatic carbocycles. The third-order valence-corrected chi connectivity index (χ3v) is 7.04. The molecule has 2 fully saturated rings. The monoisotopic (exact) mass is 499 g/mol. The molecule has 1 N–H and O–H groups in total. The van der Waals surface area contributed by atoms with E-state index in [-0.39, 0.29) is 23.8 Å². The molecule has 2 aliphatic heterocycles. The van der Waals surface area contributed by atoms with E-state index in [2.05, 4.69) is 15.2 Å². The van der Waals surface area contributed by atoms with E-state index in [9.17, 15) is 14.4 Å². The van der Waals surface area contributed by atoms with Gasteiger partial charge >= 0.3 is 6.09 Å². The Balaban J connectivity index is 1.23. The van der Waals surface area contributed by atoms with Crippen LogP contribution in [0.2, 0.25) is 0 Å². The van der Waals surface area contributed by atoms with Gasteiger partial charge in [0, 0.05) is 45.2 Å². The average Bonchev–Trinajstić information content (AvgIpc) is 3.38. The van der Waals surface area contributed by atoms with Crippen molar-refractivity contribution in [2.75, 3.05) is 49.5 Å². The van der Waals surface area contributed by atoms with E-state index in [1.54, 1.807) is 11.1 Å². The lowest BCUT2D eigenvalue weighted by Gasteiger charge is -2.36. The minimum Gasteiger partial charge on any atom is -0.444 e. The maximum Gasteiger partial charge on any atom is 0.410 e. The molecule has 0 spiro atoms. The number of nitrogens with one attached hydrogen (secondary N) is 1. The van der Waals surface area contributed by atoms with Crippen LogP contribution < -0.4 is 10.2 Å². The lowest BCUT2D eigenvalue weighted by atomic mass is 9.96. The predicted octanol–water partition coefficient (Wildman–Crippen LogP) is 3.69. The van der Waals surface area contributed by atoms with Crippen molar-refractivity contribution in [2.24, 2.45) is 5.92 Å².